The first-order valence-electron chi connectivity index (χ1n) is 5.01. The molecule has 1 amide bonds. The molecule has 7 heteroatoms. The average molecular weight is 261 g/mol. The van der Waals surface area contributed by atoms with E-state index in [1.54, 1.807) is 4.57 Å². The van der Waals surface area contributed by atoms with Crippen LogP contribution >= 0.6 is 23.6 Å². The van der Waals surface area contributed by atoms with Crippen LogP contribution in [0.25, 0.3) is 0 Å². The minimum atomic E-state index is -0.509. The van der Waals surface area contributed by atoms with Crippen molar-refractivity contribution in [2.24, 2.45) is 5.73 Å². The highest BCUT2D eigenvalue weighted by molar-refractivity contribution is 7.73. The molecule has 0 unspecified atom stereocenters. The van der Waals surface area contributed by atoms with Crippen LogP contribution in [0.4, 0.5) is 5.82 Å². The molecule has 0 atom stereocenters. The van der Waals surface area contributed by atoms with Crippen molar-refractivity contribution in [1.29, 1.82) is 0 Å². The molecule has 5 N–H and O–H groups in total. The fraction of sp³-hybridized carbons (Fsp3) is 0.556. The molecule has 0 aliphatic carbocycles. The highest BCUT2D eigenvalue weighted by atomic mass is 32.1. The average Bonchev–Trinajstić information content (AvgIpc) is 2.44. The zero-order valence-corrected chi connectivity index (χ0v) is 11.1. The number of hydrogen-bond acceptors (Lipinski definition) is 4. The van der Waals surface area contributed by atoms with E-state index < -0.39 is 5.91 Å². The molecule has 1 aromatic heterocycles. The molecule has 0 aliphatic rings. The molecule has 0 bridgehead atoms. The quantitative estimate of drug-likeness (QED) is 0.625. The van der Waals surface area contributed by atoms with Gasteiger partial charge >= 0.3 is 0 Å². The maximum absolute atomic E-state index is 11.1. The lowest BCUT2D eigenvalue weighted by Gasteiger charge is -2.08. The van der Waals surface area contributed by atoms with Gasteiger partial charge in [0.1, 0.15) is 10.7 Å². The fourth-order valence-electron chi connectivity index (χ4n) is 1.39. The lowest BCUT2D eigenvalue weighted by molar-refractivity contribution is -0.858. The van der Waals surface area contributed by atoms with Crippen molar-refractivity contribution in [2.45, 2.75) is 13.0 Å². The molecule has 0 spiro atoms. The first kappa shape index (κ1) is 13.1. The number of amides is 1. The third-order valence-electron chi connectivity index (χ3n) is 2.22. The van der Waals surface area contributed by atoms with Gasteiger partial charge in [-0.3, -0.25) is 4.79 Å². The van der Waals surface area contributed by atoms with Crippen LogP contribution in [-0.2, 0) is 6.54 Å². The van der Waals surface area contributed by atoms with E-state index in [1.807, 2.05) is 0 Å². The number of nitrogens with one attached hydrogen (secondary N) is 1. The summed E-state index contributed by atoms with van der Waals surface area (Å²) in [5.41, 5.74) is 11.0. The van der Waals surface area contributed by atoms with E-state index in [2.05, 4.69) is 14.1 Å². The van der Waals surface area contributed by atoms with Crippen LogP contribution in [0.2, 0.25) is 0 Å². The zero-order chi connectivity index (χ0) is 12.3. The van der Waals surface area contributed by atoms with Crippen molar-refractivity contribution in [3.63, 3.8) is 0 Å². The molecule has 16 heavy (non-hydrogen) atoms. The first-order valence-corrected chi connectivity index (χ1v) is 6.24. The summed E-state index contributed by atoms with van der Waals surface area (Å²) in [6.45, 7) is 1.77. The predicted octanol–water partition coefficient (Wildman–Crippen LogP) is -0.505. The van der Waals surface area contributed by atoms with Crippen molar-refractivity contribution in [3.8, 4) is 0 Å². The van der Waals surface area contributed by atoms with E-state index in [1.165, 1.54) is 16.2 Å². The summed E-state index contributed by atoms with van der Waals surface area (Å²) < 4.78 is 2.39. The Morgan fingerprint density at radius 2 is 2.19 bits per heavy atom. The van der Waals surface area contributed by atoms with Crippen molar-refractivity contribution in [2.75, 3.05) is 26.4 Å². The van der Waals surface area contributed by atoms with Crippen LogP contribution < -0.4 is 16.4 Å². The molecule has 1 aromatic rings. The minimum absolute atomic E-state index is 0.363. The Balaban J connectivity index is 2.81. The fourth-order valence-corrected chi connectivity index (χ4v) is 2.62. The van der Waals surface area contributed by atoms with E-state index in [-0.39, 0.29) is 0 Å². The first-order chi connectivity index (χ1) is 7.43. The number of hydrogen-bond donors (Lipinski definition) is 3. The summed E-state index contributed by atoms with van der Waals surface area (Å²) in [7, 11) is 4.18. The molecular formula is C9H17N4OS2+. The van der Waals surface area contributed by atoms with Gasteiger partial charge in [-0.25, -0.2) is 0 Å². The van der Waals surface area contributed by atoms with Crippen LogP contribution in [0.3, 0.4) is 0 Å². The van der Waals surface area contributed by atoms with Gasteiger partial charge in [-0.1, -0.05) is 11.3 Å². The second-order valence-electron chi connectivity index (χ2n) is 3.91. The molecule has 5 nitrogen and oxygen atoms in total. The molecule has 0 radical (unpaired) electrons. The van der Waals surface area contributed by atoms with E-state index in [0.717, 1.165) is 19.5 Å². The van der Waals surface area contributed by atoms with Crippen molar-refractivity contribution >= 4 is 35.3 Å². The number of aromatic nitrogens is 1. The number of anilines is 1. The number of nitrogens with zero attached hydrogens (tertiary/aromatic N) is 1. The molecule has 1 heterocycles. The van der Waals surface area contributed by atoms with Crippen LogP contribution in [0.15, 0.2) is 0 Å². The maximum atomic E-state index is 11.1. The summed E-state index contributed by atoms with van der Waals surface area (Å²) in [5, 5.41) is 0. The minimum Gasteiger partial charge on any atom is -0.384 e. The largest absolute Gasteiger partial charge is 0.384 e. The highest BCUT2D eigenvalue weighted by Crippen LogP contribution is 2.21. The van der Waals surface area contributed by atoms with E-state index in [9.17, 15) is 4.79 Å². The Morgan fingerprint density at radius 3 is 2.62 bits per heavy atom. The number of rotatable bonds is 5. The van der Waals surface area contributed by atoms with Crippen molar-refractivity contribution < 1.29 is 9.69 Å². The SMILES string of the molecule is C[NH+](C)CCCn1c(N)c(C(N)=O)sc1=S. The Morgan fingerprint density at radius 1 is 1.56 bits per heavy atom. The maximum Gasteiger partial charge on any atom is 0.262 e. The Kier molecular flexibility index (Phi) is 4.45. The van der Waals surface area contributed by atoms with Crippen LogP contribution in [0, 0.1) is 3.95 Å². The molecule has 0 saturated carbocycles. The molecule has 0 saturated heterocycles. The Labute approximate surface area is 104 Å². The standard InChI is InChI=1S/C9H16N4OS2/c1-12(2)4-3-5-13-7(10)6(8(11)14)16-9(13)15/h3-5,10H2,1-2H3,(H2,11,14)/p+1. The van der Waals surface area contributed by atoms with Crippen molar-refractivity contribution in [3.05, 3.63) is 8.83 Å². The van der Waals surface area contributed by atoms with Gasteiger partial charge in [0.05, 0.1) is 20.6 Å². The van der Waals surface area contributed by atoms with Gasteiger partial charge in [0.2, 0.25) is 0 Å². The number of primary amides is 1. The molecule has 0 aliphatic heterocycles. The predicted molar refractivity (Wildman–Crippen MR) is 68.4 cm³/mol. The van der Waals surface area contributed by atoms with E-state index >= 15 is 0 Å². The normalized spacial score (nSPS) is 10.9. The second-order valence-corrected chi connectivity index (χ2v) is 5.55. The lowest BCUT2D eigenvalue weighted by atomic mass is 10.4. The smallest absolute Gasteiger partial charge is 0.262 e. The van der Waals surface area contributed by atoms with Crippen molar-refractivity contribution in [1.82, 2.24) is 4.57 Å². The van der Waals surface area contributed by atoms with E-state index in [4.69, 9.17) is 23.7 Å². The van der Waals surface area contributed by atoms with Gasteiger partial charge in [-0.2, -0.15) is 0 Å². The van der Waals surface area contributed by atoms with Crippen LogP contribution in [0.1, 0.15) is 16.1 Å². The van der Waals surface area contributed by atoms with Gasteiger partial charge in [0, 0.05) is 13.0 Å². The number of carbonyl (C=O) groups excluding carboxylic acids is 1. The highest BCUT2D eigenvalue weighted by Gasteiger charge is 2.14. The van der Waals surface area contributed by atoms with Gasteiger partial charge < -0.3 is 20.9 Å². The Bertz CT molecular complexity index is 435. The molecule has 90 valence electrons. The van der Waals surface area contributed by atoms with Crippen LogP contribution in [-0.4, -0.2) is 31.1 Å². The molecule has 0 aromatic carbocycles. The number of nitrogen functional groups attached to an aromatic ring is 1. The Hall–Kier alpha value is -0.920. The number of carbonyl (C=O) groups is 1. The summed E-state index contributed by atoms with van der Waals surface area (Å²) in [5.74, 6) is -0.109. The molecular weight excluding hydrogens is 244 g/mol. The summed E-state index contributed by atoms with van der Waals surface area (Å²) in [6.07, 6.45) is 0.968. The third kappa shape index (κ3) is 3.03. The number of nitrogens with two attached hydrogens (primary N) is 2. The van der Waals surface area contributed by atoms with E-state index in [0.29, 0.717) is 14.6 Å². The zero-order valence-electron chi connectivity index (χ0n) is 9.45. The van der Waals surface area contributed by atoms with Gasteiger partial charge in [0.15, 0.2) is 3.95 Å². The summed E-state index contributed by atoms with van der Waals surface area (Å²) in [6, 6.07) is 0. The summed E-state index contributed by atoms with van der Waals surface area (Å²) >= 11 is 6.32. The van der Waals surface area contributed by atoms with Gasteiger partial charge in [-0.15, -0.1) is 0 Å². The lowest BCUT2D eigenvalue weighted by Crippen LogP contribution is -3.05. The monoisotopic (exact) mass is 261 g/mol. The molecule has 0 fully saturated rings. The van der Waals surface area contributed by atoms with Gasteiger partial charge in [-0.05, 0) is 12.2 Å². The van der Waals surface area contributed by atoms with Gasteiger partial charge in [0.25, 0.3) is 5.91 Å². The number of quaternary nitrogens is 1. The summed E-state index contributed by atoms with van der Waals surface area (Å²) in [4.78, 5) is 12.8. The molecule has 1 rings (SSSR count). The number of thiazole rings is 1. The third-order valence-corrected chi connectivity index (χ3v) is 3.70. The topological polar surface area (TPSA) is 78.5 Å². The second kappa shape index (κ2) is 5.42. The van der Waals surface area contributed by atoms with Crippen LogP contribution in [0.5, 0.6) is 0 Å².